The van der Waals surface area contributed by atoms with Gasteiger partial charge in [-0.2, -0.15) is 0 Å². The van der Waals surface area contributed by atoms with Crippen LogP contribution in [0.2, 0.25) is 0 Å². The Morgan fingerprint density at radius 3 is 2.57 bits per heavy atom. The highest BCUT2D eigenvalue weighted by Crippen LogP contribution is 2.37. The van der Waals surface area contributed by atoms with E-state index in [-0.39, 0.29) is 29.6 Å². The van der Waals surface area contributed by atoms with Gasteiger partial charge < -0.3 is 16.2 Å². The van der Waals surface area contributed by atoms with Crippen molar-refractivity contribution in [3.63, 3.8) is 0 Å². The third kappa shape index (κ3) is 3.13. The number of hydrogen-bond acceptors (Lipinski definition) is 5. The van der Waals surface area contributed by atoms with Crippen LogP contribution in [0.3, 0.4) is 0 Å². The number of anilines is 1. The Morgan fingerprint density at radius 2 is 2.05 bits per heavy atom. The zero-order chi connectivity index (χ0) is 15.5. The van der Waals surface area contributed by atoms with Crippen LogP contribution in [0.1, 0.15) is 32.1 Å². The number of non-ortho nitro benzene ring substituents is 1. The van der Waals surface area contributed by atoms with Gasteiger partial charge in [0.2, 0.25) is 5.91 Å². The van der Waals surface area contributed by atoms with E-state index in [9.17, 15) is 20.0 Å². The van der Waals surface area contributed by atoms with Gasteiger partial charge in [-0.15, -0.1) is 0 Å². The molecule has 1 amide bonds. The maximum Gasteiger partial charge on any atom is 0.273 e. The lowest BCUT2D eigenvalue weighted by Crippen LogP contribution is -2.43. The van der Waals surface area contributed by atoms with Crippen LogP contribution in [0.15, 0.2) is 18.2 Å². The number of nitro groups is 1. The summed E-state index contributed by atoms with van der Waals surface area (Å²) in [4.78, 5) is 22.5. The number of nitrogens with one attached hydrogen (secondary N) is 1. The number of phenolic OH excluding ortho intramolecular Hbond substituents is 1. The summed E-state index contributed by atoms with van der Waals surface area (Å²) in [6.45, 7) is 0.257. The van der Waals surface area contributed by atoms with Gasteiger partial charge in [0.1, 0.15) is 5.75 Å². The molecule has 0 radical (unpaired) electrons. The third-order valence-electron chi connectivity index (χ3n) is 4.12. The highest BCUT2D eigenvalue weighted by atomic mass is 16.6. The van der Waals surface area contributed by atoms with E-state index in [1.165, 1.54) is 12.1 Å². The van der Waals surface area contributed by atoms with Crippen molar-refractivity contribution < 1.29 is 14.8 Å². The van der Waals surface area contributed by atoms with Crippen molar-refractivity contribution in [3.05, 3.63) is 28.3 Å². The second-order valence-corrected chi connectivity index (χ2v) is 5.46. The van der Waals surface area contributed by atoms with Crippen LogP contribution in [0.4, 0.5) is 11.4 Å². The smallest absolute Gasteiger partial charge is 0.273 e. The topological polar surface area (TPSA) is 118 Å². The number of amides is 1. The summed E-state index contributed by atoms with van der Waals surface area (Å²) in [6.07, 6.45) is 4.46. The van der Waals surface area contributed by atoms with Crippen LogP contribution in [-0.4, -0.2) is 22.5 Å². The molecule has 1 aromatic rings. The number of hydrogen-bond donors (Lipinski definition) is 3. The van der Waals surface area contributed by atoms with Gasteiger partial charge in [0, 0.05) is 12.6 Å². The van der Waals surface area contributed by atoms with Crippen LogP contribution in [0, 0.1) is 15.5 Å². The van der Waals surface area contributed by atoms with Crippen molar-refractivity contribution in [2.45, 2.75) is 32.1 Å². The molecule has 0 bridgehead atoms. The van der Waals surface area contributed by atoms with E-state index in [0.717, 1.165) is 38.2 Å². The highest BCUT2D eigenvalue weighted by Gasteiger charge is 2.38. The van der Waals surface area contributed by atoms with Gasteiger partial charge in [-0.1, -0.05) is 19.3 Å². The number of carbonyl (C=O) groups is 1. The molecule has 0 unspecified atom stereocenters. The fourth-order valence-electron chi connectivity index (χ4n) is 2.75. The molecule has 1 saturated carbocycles. The van der Waals surface area contributed by atoms with E-state index in [1.54, 1.807) is 0 Å². The van der Waals surface area contributed by atoms with E-state index in [1.807, 2.05) is 0 Å². The Hall–Kier alpha value is -2.15. The Labute approximate surface area is 122 Å². The predicted molar refractivity (Wildman–Crippen MR) is 78.0 cm³/mol. The molecule has 0 aromatic heterocycles. The molecule has 21 heavy (non-hydrogen) atoms. The Kier molecular flexibility index (Phi) is 4.42. The first-order chi connectivity index (χ1) is 9.98. The number of nitro benzene ring substituents is 1. The summed E-state index contributed by atoms with van der Waals surface area (Å²) in [5.74, 6) is -0.547. The lowest BCUT2D eigenvalue weighted by atomic mass is 9.73. The molecule has 114 valence electrons. The van der Waals surface area contributed by atoms with E-state index >= 15 is 0 Å². The van der Waals surface area contributed by atoms with Crippen molar-refractivity contribution in [2.24, 2.45) is 11.1 Å². The summed E-state index contributed by atoms with van der Waals surface area (Å²) in [5, 5.41) is 23.1. The van der Waals surface area contributed by atoms with Crippen LogP contribution >= 0.6 is 0 Å². The van der Waals surface area contributed by atoms with Gasteiger partial charge in [-0.05, 0) is 18.9 Å². The molecule has 0 heterocycles. The molecule has 7 heteroatoms. The van der Waals surface area contributed by atoms with Crippen molar-refractivity contribution in [3.8, 4) is 5.75 Å². The highest BCUT2D eigenvalue weighted by molar-refractivity contribution is 5.96. The molecular formula is C14H19N3O4. The first kappa shape index (κ1) is 15.2. The lowest BCUT2D eigenvalue weighted by Gasteiger charge is -2.34. The summed E-state index contributed by atoms with van der Waals surface area (Å²) in [6, 6.07) is 3.59. The fraction of sp³-hybridized carbons (Fsp3) is 0.500. The third-order valence-corrected chi connectivity index (χ3v) is 4.12. The number of carbonyl (C=O) groups excluding carboxylic acids is 1. The minimum Gasteiger partial charge on any atom is -0.506 e. The van der Waals surface area contributed by atoms with Crippen molar-refractivity contribution in [1.82, 2.24) is 0 Å². The SMILES string of the molecule is NCC1(C(=O)Nc2ccc([N+](=O)[O-])cc2O)CCCCC1. The zero-order valence-corrected chi connectivity index (χ0v) is 11.7. The average molecular weight is 293 g/mol. The molecule has 7 nitrogen and oxygen atoms in total. The summed E-state index contributed by atoms with van der Waals surface area (Å²) >= 11 is 0. The number of phenols is 1. The number of rotatable bonds is 4. The van der Waals surface area contributed by atoms with Gasteiger partial charge in [0.15, 0.2) is 0 Å². The van der Waals surface area contributed by atoms with Crippen LogP contribution in [0.5, 0.6) is 5.75 Å². The monoisotopic (exact) mass is 293 g/mol. The molecule has 0 saturated heterocycles. The van der Waals surface area contributed by atoms with Gasteiger partial charge in [0.05, 0.1) is 22.1 Å². The first-order valence-electron chi connectivity index (χ1n) is 6.97. The van der Waals surface area contributed by atoms with Crippen LogP contribution < -0.4 is 11.1 Å². The van der Waals surface area contributed by atoms with Gasteiger partial charge in [0.25, 0.3) is 5.69 Å². The maximum atomic E-state index is 12.5. The molecule has 1 aliphatic rings. The molecule has 4 N–H and O–H groups in total. The van der Waals surface area contributed by atoms with E-state index in [2.05, 4.69) is 5.32 Å². The number of benzene rings is 1. The van der Waals surface area contributed by atoms with Gasteiger partial charge in [-0.3, -0.25) is 14.9 Å². The molecule has 1 aliphatic carbocycles. The number of aromatic hydroxyl groups is 1. The lowest BCUT2D eigenvalue weighted by molar-refractivity contribution is -0.384. The molecule has 1 aromatic carbocycles. The first-order valence-corrected chi connectivity index (χ1v) is 6.97. The van der Waals surface area contributed by atoms with Gasteiger partial charge >= 0.3 is 0 Å². The standard InChI is InChI=1S/C14H19N3O4/c15-9-14(6-2-1-3-7-14)13(19)16-11-5-4-10(17(20)21)8-12(11)18/h4-5,8,18H,1-3,6-7,9,15H2,(H,16,19). The summed E-state index contributed by atoms with van der Waals surface area (Å²) in [7, 11) is 0. The van der Waals surface area contributed by atoms with Crippen molar-refractivity contribution in [2.75, 3.05) is 11.9 Å². The fourth-order valence-corrected chi connectivity index (χ4v) is 2.75. The predicted octanol–water partition coefficient (Wildman–Crippen LogP) is 2.15. The molecule has 1 fully saturated rings. The van der Waals surface area contributed by atoms with Crippen LogP contribution in [-0.2, 0) is 4.79 Å². The second kappa shape index (κ2) is 6.09. The van der Waals surface area contributed by atoms with Crippen molar-refractivity contribution in [1.29, 1.82) is 0 Å². The molecule has 0 atom stereocenters. The molecule has 2 rings (SSSR count). The second-order valence-electron chi connectivity index (χ2n) is 5.46. The average Bonchev–Trinajstić information content (AvgIpc) is 2.49. The van der Waals surface area contributed by atoms with Gasteiger partial charge in [-0.25, -0.2) is 0 Å². The number of nitrogens with two attached hydrogens (primary N) is 1. The van der Waals surface area contributed by atoms with Crippen molar-refractivity contribution >= 4 is 17.3 Å². The molecule has 0 spiro atoms. The van der Waals surface area contributed by atoms with E-state index in [0.29, 0.717) is 0 Å². The Bertz CT molecular complexity index is 553. The summed E-state index contributed by atoms with van der Waals surface area (Å²) < 4.78 is 0. The quantitative estimate of drug-likeness (QED) is 0.446. The Balaban J connectivity index is 2.17. The minimum atomic E-state index is -0.605. The van der Waals surface area contributed by atoms with E-state index in [4.69, 9.17) is 5.73 Å². The maximum absolute atomic E-state index is 12.5. The molecular weight excluding hydrogens is 274 g/mol. The van der Waals surface area contributed by atoms with Crippen LogP contribution in [0.25, 0.3) is 0 Å². The number of nitrogens with zero attached hydrogens (tertiary/aromatic N) is 1. The van der Waals surface area contributed by atoms with E-state index < -0.39 is 10.3 Å². The minimum absolute atomic E-state index is 0.170. The Morgan fingerprint density at radius 1 is 1.38 bits per heavy atom. The zero-order valence-electron chi connectivity index (χ0n) is 11.7. The normalized spacial score (nSPS) is 17.2. The largest absolute Gasteiger partial charge is 0.506 e. The summed E-state index contributed by atoms with van der Waals surface area (Å²) in [5.41, 5.74) is 5.12. The molecule has 0 aliphatic heterocycles.